The first-order valence-corrected chi connectivity index (χ1v) is 11.1. The van der Waals surface area contributed by atoms with Crippen molar-refractivity contribution in [2.45, 2.75) is 17.7 Å². The van der Waals surface area contributed by atoms with Crippen LogP contribution in [0.4, 0.5) is 21.9 Å². The van der Waals surface area contributed by atoms with Gasteiger partial charge >= 0.3 is 6.03 Å². The standard InChI is InChI=1S/C25H19Cl2N3O3/c1-28-20-4-2-3-17(15-20)25(32)24(13-14-33-16-24)29(21-9-5-18(26)6-10-21)23(31)30(25)22-11-7-19(27)8-12-22/h2-12,15,32H,13-14,16H2/t24-,25?/m1/s1. The number of hydrogen-bond donors (Lipinski definition) is 1. The van der Waals surface area contributed by atoms with Gasteiger partial charge in [0.05, 0.1) is 13.2 Å². The average Bonchev–Trinajstić information content (AvgIpc) is 3.39. The molecule has 5 rings (SSSR count). The smallest absolute Gasteiger partial charge is 0.332 e. The summed E-state index contributed by atoms with van der Waals surface area (Å²) >= 11 is 12.2. The molecule has 3 aromatic carbocycles. The van der Waals surface area contributed by atoms with E-state index < -0.39 is 17.3 Å². The molecule has 2 atom stereocenters. The Morgan fingerprint density at radius 3 is 2.09 bits per heavy atom. The highest BCUT2D eigenvalue weighted by Crippen LogP contribution is 2.54. The highest BCUT2D eigenvalue weighted by molar-refractivity contribution is 6.31. The minimum atomic E-state index is -1.82. The van der Waals surface area contributed by atoms with E-state index in [1.165, 1.54) is 4.90 Å². The Hall–Kier alpha value is -3.08. The van der Waals surface area contributed by atoms with Crippen molar-refractivity contribution in [2.75, 3.05) is 23.0 Å². The van der Waals surface area contributed by atoms with Crippen LogP contribution in [0.5, 0.6) is 0 Å². The SMILES string of the molecule is [C-]#[N+]c1cccc(C2(O)N(c3ccc(Cl)cc3)C(=O)N(c3ccc(Cl)cc3)[C@@]23CCOC3)c1. The van der Waals surface area contributed by atoms with Gasteiger partial charge in [-0.3, -0.25) is 9.80 Å². The second kappa shape index (κ2) is 8.05. The highest BCUT2D eigenvalue weighted by Gasteiger charge is 2.69. The first kappa shape index (κ1) is 21.7. The number of hydrogen-bond acceptors (Lipinski definition) is 3. The molecule has 8 heteroatoms. The van der Waals surface area contributed by atoms with E-state index in [1.807, 2.05) is 0 Å². The summed E-state index contributed by atoms with van der Waals surface area (Å²) in [6.45, 7) is 7.93. The molecule has 2 fully saturated rings. The number of anilines is 2. The van der Waals surface area contributed by atoms with Crippen LogP contribution in [-0.4, -0.2) is 29.9 Å². The van der Waals surface area contributed by atoms with Gasteiger partial charge in [0.2, 0.25) is 0 Å². The van der Waals surface area contributed by atoms with Crippen LogP contribution in [0, 0.1) is 6.57 Å². The number of urea groups is 1. The molecule has 2 saturated heterocycles. The van der Waals surface area contributed by atoms with Gasteiger partial charge in [-0.15, -0.1) is 0 Å². The van der Waals surface area contributed by atoms with Crippen molar-refractivity contribution in [2.24, 2.45) is 0 Å². The van der Waals surface area contributed by atoms with Crippen LogP contribution in [0.25, 0.3) is 4.85 Å². The molecule has 0 aliphatic carbocycles. The molecule has 6 nitrogen and oxygen atoms in total. The second-order valence-corrected chi connectivity index (χ2v) is 8.95. The van der Waals surface area contributed by atoms with E-state index in [0.29, 0.717) is 45.7 Å². The fourth-order valence-electron chi connectivity index (χ4n) is 4.82. The van der Waals surface area contributed by atoms with E-state index in [2.05, 4.69) is 4.85 Å². The fraction of sp³-hybridized carbons (Fsp3) is 0.200. The first-order valence-electron chi connectivity index (χ1n) is 10.3. The Morgan fingerprint density at radius 2 is 1.55 bits per heavy atom. The van der Waals surface area contributed by atoms with Crippen molar-refractivity contribution < 1.29 is 14.6 Å². The zero-order valence-electron chi connectivity index (χ0n) is 17.4. The number of amides is 2. The van der Waals surface area contributed by atoms with Crippen molar-refractivity contribution >= 4 is 46.3 Å². The Labute approximate surface area is 201 Å². The molecule has 1 N–H and O–H groups in total. The van der Waals surface area contributed by atoms with Gasteiger partial charge in [-0.2, -0.15) is 0 Å². The van der Waals surface area contributed by atoms with Crippen molar-refractivity contribution in [1.29, 1.82) is 0 Å². The molecular formula is C25H19Cl2N3O3. The number of halogens is 2. The van der Waals surface area contributed by atoms with E-state index in [4.69, 9.17) is 34.5 Å². The third kappa shape index (κ3) is 3.20. The summed E-state index contributed by atoms with van der Waals surface area (Å²) in [7, 11) is 0. The van der Waals surface area contributed by atoms with Crippen LogP contribution in [-0.2, 0) is 10.5 Å². The van der Waals surface area contributed by atoms with Crippen LogP contribution in [0.1, 0.15) is 12.0 Å². The predicted molar refractivity (Wildman–Crippen MR) is 128 cm³/mol. The Kier molecular flexibility index (Phi) is 5.31. The van der Waals surface area contributed by atoms with Gasteiger partial charge in [0.1, 0.15) is 5.54 Å². The number of aliphatic hydroxyl groups is 1. The minimum Gasteiger partial charge on any atom is -0.379 e. The van der Waals surface area contributed by atoms with Gasteiger partial charge in [-0.05, 0) is 60.2 Å². The summed E-state index contributed by atoms with van der Waals surface area (Å²) in [5.74, 6) is 0. The molecule has 1 spiro atoms. The maximum Gasteiger partial charge on any atom is 0.332 e. The molecule has 1 unspecified atom stereocenters. The number of benzene rings is 3. The van der Waals surface area contributed by atoms with E-state index in [9.17, 15) is 9.90 Å². The van der Waals surface area contributed by atoms with Crippen LogP contribution in [0.15, 0.2) is 72.8 Å². The predicted octanol–water partition coefficient (Wildman–Crippen LogP) is 6.00. The van der Waals surface area contributed by atoms with Gasteiger partial charge in [-0.25, -0.2) is 9.64 Å². The summed E-state index contributed by atoms with van der Waals surface area (Å²) < 4.78 is 5.79. The Balaban J connectivity index is 1.80. The quantitative estimate of drug-likeness (QED) is 0.469. The lowest BCUT2D eigenvalue weighted by Gasteiger charge is -2.44. The number of carbonyl (C=O) groups excluding carboxylic acids is 1. The Morgan fingerprint density at radius 1 is 0.939 bits per heavy atom. The van der Waals surface area contributed by atoms with Crippen LogP contribution >= 0.6 is 23.2 Å². The zero-order valence-corrected chi connectivity index (χ0v) is 18.9. The first-order chi connectivity index (χ1) is 15.9. The van der Waals surface area contributed by atoms with Crippen molar-refractivity contribution in [3.8, 4) is 0 Å². The Bertz CT molecular complexity index is 1250. The molecule has 33 heavy (non-hydrogen) atoms. The maximum atomic E-state index is 14.1. The number of nitrogens with zero attached hydrogens (tertiary/aromatic N) is 3. The third-order valence-electron chi connectivity index (χ3n) is 6.33. The van der Waals surface area contributed by atoms with E-state index in [1.54, 1.807) is 77.7 Å². The van der Waals surface area contributed by atoms with Crippen molar-refractivity contribution in [3.05, 3.63) is 99.8 Å². The summed E-state index contributed by atoms with van der Waals surface area (Å²) in [4.78, 5) is 20.6. The van der Waals surface area contributed by atoms with E-state index >= 15 is 0 Å². The minimum absolute atomic E-state index is 0.115. The van der Waals surface area contributed by atoms with Crippen LogP contribution in [0.3, 0.4) is 0 Å². The van der Waals surface area contributed by atoms with E-state index in [-0.39, 0.29) is 6.61 Å². The molecule has 0 aromatic heterocycles. The monoisotopic (exact) mass is 479 g/mol. The third-order valence-corrected chi connectivity index (χ3v) is 6.84. The summed E-state index contributed by atoms with van der Waals surface area (Å²) in [6.07, 6.45) is 0.393. The van der Waals surface area contributed by atoms with E-state index in [0.717, 1.165) is 0 Å². The molecule has 3 aromatic rings. The fourth-order valence-corrected chi connectivity index (χ4v) is 5.07. The highest BCUT2D eigenvalue weighted by atomic mass is 35.5. The summed E-state index contributed by atoms with van der Waals surface area (Å²) in [5.41, 5.74) is -1.11. The van der Waals surface area contributed by atoms with Crippen LogP contribution in [0.2, 0.25) is 10.0 Å². The molecule has 0 radical (unpaired) electrons. The number of rotatable bonds is 3. The molecule has 2 aliphatic rings. The van der Waals surface area contributed by atoms with Gasteiger partial charge in [-0.1, -0.05) is 41.4 Å². The van der Waals surface area contributed by atoms with Gasteiger partial charge in [0, 0.05) is 34.4 Å². The molecular weight excluding hydrogens is 461 g/mol. The molecule has 0 saturated carbocycles. The molecule has 2 heterocycles. The van der Waals surface area contributed by atoms with Gasteiger partial charge in [0.15, 0.2) is 11.4 Å². The zero-order chi connectivity index (χ0) is 23.2. The summed E-state index contributed by atoms with van der Waals surface area (Å²) in [6, 6.07) is 19.9. The number of carbonyl (C=O) groups is 1. The molecule has 2 aliphatic heterocycles. The largest absolute Gasteiger partial charge is 0.379 e. The molecule has 2 amide bonds. The van der Waals surface area contributed by atoms with Crippen molar-refractivity contribution in [3.63, 3.8) is 0 Å². The number of ether oxygens (including phenoxy) is 1. The van der Waals surface area contributed by atoms with Crippen molar-refractivity contribution in [1.82, 2.24) is 0 Å². The maximum absolute atomic E-state index is 14.1. The normalized spacial score (nSPS) is 24.5. The lowest BCUT2D eigenvalue weighted by molar-refractivity contribution is -0.0211. The second-order valence-electron chi connectivity index (χ2n) is 8.07. The molecule has 166 valence electrons. The molecule has 0 bridgehead atoms. The van der Waals surface area contributed by atoms with Crippen LogP contribution < -0.4 is 9.80 Å². The van der Waals surface area contributed by atoms with Gasteiger partial charge in [0.25, 0.3) is 0 Å². The average molecular weight is 480 g/mol. The topological polar surface area (TPSA) is 57.4 Å². The lowest BCUT2D eigenvalue weighted by Crippen LogP contribution is -2.60. The lowest BCUT2D eigenvalue weighted by atomic mass is 9.79. The van der Waals surface area contributed by atoms with Gasteiger partial charge < -0.3 is 9.84 Å². The summed E-state index contributed by atoms with van der Waals surface area (Å²) in [5, 5.41) is 13.6.